The van der Waals surface area contributed by atoms with E-state index in [9.17, 15) is 9.90 Å². The van der Waals surface area contributed by atoms with Gasteiger partial charge in [-0.05, 0) is 23.6 Å². The third-order valence-electron chi connectivity index (χ3n) is 2.74. The van der Waals surface area contributed by atoms with Crippen molar-refractivity contribution >= 4 is 39.7 Å². The highest BCUT2D eigenvalue weighted by Gasteiger charge is 2.11. The van der Waals surface area contributed by atoms with Crippen molar-refractivity contribution in [2.24, 2.45) is 0 Å². The van der Waals surface area contributed by atoms with Gasteiger partial charge in [-0.2, -0.15) is 11.3 Å². The van der Waals surface area contributed by atoms with E-state index in [1.807, 2.05) is 29.0 Å². The number of nitrogens with one attached hydrogen (secondary N) is 1. The first-order valence-corrected chi connectivity index (χ1v) is 6.60. The van der Waals surface area contributed by atoms with Gasteiger partial charge in [-0.3, -0.25) is 0 Å². The maximum atomic E-state index is 11.3. The predicted octanol–water partition coefficient (Wildman–Crippen LogP) is 3.74. The number of para-hydroxylation sites is 1. The largest absolute Gasteiger partial charge is 0.478 e. The van der Waals surface area contributed by atoms with Gasteiger partial charge >= 0.3 is 5.97 Å². The molecular weight excluding hydrogens is 260 g/mol. The van der Waals surface area contributed by atoms with Crippen LogP contribution < -0.4 is 5.32 Å². The Morgan fingerprint density at radius 2 is 2.11 bits per heavy atom. The van der Waals surface area contributed by atoms with Gasteiger partial charge in [0, 0.05) is 10.8 Å². The van der Waals surface area contributed by atoms with E-state index in [0.717, 1.165) is 5.69 Å². The van der Waals surface area contributed by atoms with E-state index in [-0.39, 0.29) is 5.56 Å². The molecule has 0 aliphatic heterocycles. The number of anilines is 2. The first-order valence-electron chi connectivity index (χ1n) is 5.66. The smallest absolute Gasteiger partial charge is 0.336 e. The van der Waals surface area contributed by atoms with Crippen LogP contribution in [0.3, 0.4) is 0 Å². The summed E-state index contributed by atoms with van der Waals surface area (Å²) in [4.78, 5) is 15.7. The Morgan fingerprint density at radius 1 is 1.26 bits per heavy atom. The zero-order chi connectivity index (χ0) is 13.2. The molecule has 2 heterocycles. The second-order valence-corrected chi connectivity index (χ2v) is 4.79. The number of carboxylic acids is 1. The van der Waals surface area contributed by atoms with Crippen molar-refractivity contribution in [3.8, 4) is 0 Å². The molecule has 0 bridgehead atoms. The van der Waals surface area contributed by atoms with E-state index in [4.69, 9.17) is 0 Å². The van der Waals surface area contributed by atoms with Crippen LogP contribution in [-0.4, -0.2) is 16.1 Å². The molecule has 3 rings (SSSR count). The predicted molar refractivity (Wildman–Crippen MR) is 76.3 cm³/mol. The molecule has 0 aliphatic carbocycles. The highest BCUT2D eigenvalue weighted by Crippen LogP contribution is 2.24. The molecule has 0 aliphatic rings. The quantitative estimate of drug-likeness (QED) is 0.761. The molecule has 0 saturated heterocycles. The minimum absolute atomic E-state index is 0.253. The van der Waals surface area contributed by atoms with Crippen LogP contribution in [0.2, 0.25) is 0 Å². The number of benzene rings is 1. The van der Waals surface area contributed by atoms with Crippen LogP contribution in [0.25, 0.3) is 10.9 Å². The number of aromatic nitrogens is 1. The van der Waals surface area contributed by atoms with Crippen molar-refractivity contribution in [3.63, 3.8) is 0 Å². The van der Waals surface area contributed by atoms with Crippen LogP contribution in [0, 0.1) is 0 Å². The fourth-order valence-electron chi connectivity index (χ4n) is 1.90. The van der Waals surface area contributed by atoms with Gasteiger partial charge in [-0.1, -0.05) is 18.2 Å². The van der Waals surface area contributed by atoms with E-state index in [1.165, 1.54) is 0 Å². The van der Waals surface area contributed by atoms with E-state index in [0.29, 0.717) is 16.7 Å². The Balaban J connectivity index is 2.13. The van der Waals surface area contributed by atoms with Gasteiger partial charge in [0.1, 0.15) is 5.82 Å². The van der Waals surface area contributed by atoms with Crippen LogP contribution in [-0.2, 0) is 0 Å². The lowest BCUT2D eigenvalue weighted by molar-refractivity contribution is 0.0699. The minimum Gasteiger partial charge on any atom is -0.478 e. The number of hydrogen-bond donors (Lipinski definition) is 2. The lowest BCUT2D eigenvalue weighted by Gasteiger charge is -2.07. The number of thiophene rings is 1. The van der Waals surface area contributed by atoms with E-state index in [2.05, 4.69) is 10.3 Å². The molecule has 0 amide bonds. The van der Waals surface area contributed by atoms with Crippen molar-refractivity contribution in [2.75, 3.05) is 5.32 Å². The topological polar surface area (TPSA) is 62.2 Å². The monoisotopic (exact) mass is 270 g/mol. The maximum Gasteiger partial charge on any atom is 0.336 e. The Bertz CT molecular complexity index is 738. The number of nitrogens with zero attached hydrogens (tertiary/aromatic N) is 1. The van der Waals surface area contributed by atoms with Crippen LogP contribution in [0.1, 0.15) is 10.4 Å². The number of hydrogen-bond acceptors (Lipinski definition) is 4. The van der Waals surface area contributed by atoms with E-state index < -0.39 is 5.97 Å². The van der Waals surface area contributed by atoms with E-state index >= 15 is 0 Å². The molecule has 0 saturated carbocycles. The fourth-order valence-corrected chi connectivity index (χ4v) is 2.49. The molecular formula is C14H10N2O2S. The number of pyridine rings is 1. The molecule has 0 unspecified atom stereocenters. The minimum atomic E-state index is -0.952. The molecule has 94 valence electrons. The summed E-state index contributed by atoms with van der Waals surface area (Å²) in [6.07, 6.45) is 0. The summed E-state index contributed by atoms with van der Waals surface area (Å²) in [5.74, 6) is -0.415. The molecule has 2 aromatic heterocycles. The number of rotatable bonds is 3. The highest BCUT2D eigenvalue weighted by atomic mass is 32.1. The first kappa shape index (κ1) is 11.7. The molecule has 2 N–H and O–H groups in total. The third kappa shape index (κ3) is 2.28. The van der Waals surface area contributed by atoms with Gasteiger partial charge < -0.3 is 10.4 Å². The van der Waals surface area contributed by atoms with E-state index in [1.54, 1.807) is 29.5 Å². The van der Waals surface area contributed by atoms with Gasteiger partial charge in [-0.15, -0.1) is 0 Å². The van der Waals surface area contributed by atoms with Gasteiger partial charge in [0.2, 0.25) is 0 Å². The number of fused-ring (bicyclic) bond motifs is 1. The van der Waals surface area contributed by atoms with Crippen molar-refractivity contribution in [1.29, 1.82) is 0 Å². The molecule has 0 spiro atoms. The summed E-state index contributed by atoms with van der Waals surface area (Å²) >= 11 is 1.57. The van der Waals surface area contributed by atoms with Crippen molar-refractivity contribution in [2.45, 2.75) is 0 Å². The zero-order valence-electron chi connectivity index (χ0n) is 9.83. The van der Waals surface area contributed by atoms with Gasteiger partial charge in [0.25, 0.3) is 0 Å². The van der Waals surface area contributed by atoms with Gasteiger partial charge in [0.15, 0.2) is 0 Å². The lowest BCUT2D eigenvalue weighted by atomic mass is 10.1. The molecule has 0 radical (unpaired) electrons. The Kier molecular flexibility index (Phi) is 2.89. The van der Waals surface area contributed by atoms with Crippen LogP contribution in [0.4, 0.5) is 11.5 Å². The molecule has 3 aromatic rings. The molecule has 19 heavy (non-hydrogen) atoms. The average Bonchev–Trinajstić information content (AvgIpc) is 2.90. The Morgan fingerprint density at radius 3 is 2.84 bits per heavy atom. The summed E-state index contributed by atoms with van der Waals surface area (Å²) in [5.41, 5.74) is 1.83. The fraction of sp³-hybridized carbons (Fsp3) is 0. The second-order valence-electron chi connectivity index (χ2n) is 4.01. The first-order chi connectivity index (χ1) is 9.24. The SMILES string of the molecule is O=C(O)c1cc(Nc2ccsc2)nc2ccccc12. The molecule has 4 nitrogen and oxygen atoms in total. The van der Waals surface area contributed by atoms with Gasteiger partial charge in [-0.25, -0.2) is 9.78 Å². The van der Waals surface area contributed by atoms with Crippen LogP contribution in [0.15, 0.2) is 47.2 Å². The van der Waals surface area contributed by atoms with Crippen LogP contribution >= 0.6 is 11.3 Å². The third-order valence-corrected chi connectivity index (χ3v) is 3.42. The average molecular weight is 270 g/mol. The van der Waals surface area contributed by atoms with Gasteiger partial charge in [0.05, 0.1) is 16.8 Å². The Hall–Kier alpha value is -2.40. The number of aromatic carboxylic acids is 1. The molecule has 0 atom stereocenters. The summed E-state index contributed by atoms with van der Waals surface area (Å²) in [6, 6.07) is 10.7. The standard InChI is InChI=1S/C14H10N2O2S/c17-14(18)11-7-13(15-9-5-6-19-8-9)16-12-4-2-1-3-10(11)12/h1-8H,(H,15,16)(H,17,18). The normalized spacial score (nSPS) is 10.5. The van der Waals surface area contributed by atoms with Crippen molar-refractivity contribution in [1.82, 2.24) is 4.98 Å². The number of carboxylic acid groups (broad SMARTS) is 1. The molecule has 0 fully saturated rings. The van der Waals surface area contributed by atoms with Crippen molar-refractivity contribution in [3.05, 3.63) is 52.7 Å². The van der Waals surface area contributed by atoms with Crippen LogP contribution in [0.5, 0.6) is 0 Å². The summed E-state index contributed by atoms with van der Waals surface area (Å²) in [7, 11) is 0. The summed E-state index contributed by atoms with van der Waals surface area (Å²) in [6.45, 7) is 0. The summed E-state index contributed by atoms with van der Waals surface area (Å²) < 4.78 is 0. The molecule has 1 aromatic carbocycles. The summed E-state index contributed by atoms with van der Waals surface area (Å²) in [5, 5.41) is 16.9. The zero-order valence-corrected chi connectivity index (χ0v) is 10.6. The second kappa shape index (κ2) is 4.70. The van der Waals surface area contributed by atoms with Crippen molar-refractivity contribution < 1.29 is 9.90 Å². The Labute approximate surface area is 113 Å². The molecule has 5 heteroatoms. The lowest BCUT2D eigenvalue weighted by Crippen LogP contribution is -2.01. The maximum absolute atomic E-state index is 11.3. The number of carbonyl (C=O) groups is 1. The highest BCUT2D eigenvalue weighted by molar-refractivity contribution is 7.08.